The van der Waals surface area contributed by atoms with Crippen LogP contribution in [0.1, 0.15) is 11.6 Å². The molecular weight excluding hydrogens is 228 g/mol. The third kappa shape index (κ3) is 2.03. The molecule has 2 aromatic rings. The Kier molecular flexibility index (Phi) is 3.93. The zero-order valence-electron chi connectivity index (χ0n) is 8.77. The molecule has 1 aromatic heterocycles. The molecule has 1 atom stereocenters. The topological polar surface area (TPSA) is 68.1 Å². The van der Waals surface area contributed by atoms with Gasteiger partial charge in [-0.05, 0) is 6.07 Å². The van der Waals surface area contributed by atoms with Gasteiger partial charge in [0, 0.05) is 22.7 Å². The average molecular weight is 241 g/mol. The first-order valence-corrected chi connectivity index (χ1v) is 4.63. The molecule has 0 aliphatic heterocycles. The molecule has 86 valence electrons. The molecule has 2 rings (SSSR count). The number of rotatable bonds is 2. The second-order valence-corrected chi connectivity index (χ2v) is 3.29. The van der Waals surface area contributed by atoms with Crippen LogP contribution in [0.3, 0.4) is 0 Å². The van der Waals surface area contributed by atoms with Crippen LogP contribution in [-0.2, 0) is 9.53 Å². The van der Waals surface area contributed by atoms with E-state index in [0.717, 1.165) is 16.5 Å². The summed E-state index contributed by atoms with van der Waals surface area (Å²) in [5.41, 5.74) is 7.49. The molecule has 4 nitrogen and oxygen atoms in total. The third-order valence-corrected chi connectivity index (χ3v) is 2.41. The summed E-state index contributed by atoms with van der Waals surface area (Å²) in [6, 6.07) is 6.95. The number of aromatic amines is 1. The lowest BCUT2D eigenvalue weighted by atomic mass is 10.1. The Morgan fingerprint density at radius 1 is 1.44 bits per heavy atom. The van der Waals surface area contributed by atoms with E-state index in [4.69, 9.17) is 5.73 Å². The lowest BCUT2D eigenvalue weighted by Gasteiger charge is -2.07. The van der Waals surface area contributed by atoms with Crippen molar-refractivity contribution in [3.05, 3.63) is 36.0 Å². The van der Waals surface area contributed by atoms with Gasteiger partial charge in [-0.1, -0.05) is 18.2 Å². The summed E-state index contributed by atoms with van der Waals surface area (Å²) >= 11 is 0. The maximum absolute atomic E-state index is 11.3. The van der Waals surface area contributed by atoms with Crippen molar-refractivity contribution in [2.45, 2.75) is 6.04 Å². The Morgan fingerprint density at radius 3 is 2.81 bits per heavy atom. The van der Waals surface area contributed by atoms with E-state index in [1.165, 1.54) is 7.11 Å². The molecule has 0 fully saturated rings. The molecule has 0 saturated heterocycles. The third-order valence-electron chi connectivity index (χ3n) is 2.41. The van der Waals surface area contributed by atoms with Gasteiger partial charge in [0.15, 0.2) is 0 Å². The maximum atomic E-state index is 11.3. The fourth-order valence-corrected chi connectivity index (χ4v) is 1.61. The average Bonchev–Trinajstić information content (AvgIpc) is 2.70. The number of para-hydroxylation sites is 1. The first kappa shape index (κ1) is 12.5. The molecule has 0 bridgehead atoms. The smallest absolute Gasteiger partial charge is 0.327 e. The van der Waals surface area contributed by atoms with E-state index < -0.39 is 12.0 Å². The number of hydrogen-bond acceptors (Lipinski definition) is 3. The van der Waals surface area contributed by atoms with Crippen molar-refractivity contribution in [1.29, 1.82) is 0 Å². The number of nitrogens with two attached hydrogens (primary N) is 1. The molecule has 1 aromatic carbocycles. The van der Waals surface area contributed by atoms with Crippen LogP contribution < -0.4 is 5.73 Å². The Labute approximate surface area is 99.2 Å². The molecule has 0 aliphatic carbocycles. The molecule has 0 aliphatic rings. The van der Waals surface area contributed by atoms with Crippen molar-refractivity contribution in [3.63, 3.8) is 0 Å². The molecule has 0 unspecified atom stereocenters. The quantitative estimate of drug-likeness (QED) is 0.786. The molecule has 0 amide bonds. The van der Waals surface area contributed by atoms with Crippen molar-refractivity contribution < 1.29 is 9.53 Å². The summed E-state index contributed by atoms with van der Waals surface area (Å²) in [7, 11) is 1.33. The van der Waals surface area contributed by atoms with Gasteiger partial charge in [-0.25, -0.2) is 0 Å². The summed E-state index contributed by atoms with van der Waals surface area (Å²) in [6.07, 6.45) is 1.74. The van der Waals surface area contributed by atoms with Crippen molar-refractivity contribution >= 4 is 29.3 Å². The van der Waals surface area contributed by atoms with Crippen molar-refractivity contribution in [1.82, 2.24) is 4.98 Å². The zero-order valence-corrected chi connectivity index (χ0v) is 9.58. The van der Waals surface area contributed by atoms with E-state index >= 15 is 0 Å². The maximum Gasteiger partial charge on any atom is 0.327 e. The van der Waals surface area contributed by atoms with E-state index in [1.807, 2.05) is 24.3 Å². The van der Waals surface area contributed by atoms with Crippen LogP contribution in [0.25, 0.3) is 10.9 Å². The molecule has 0 saturated carbocycles. The Morgan fingerprint density at radius 2 is 2.12 bits per heavy atom. The summed E-state index contributed by atoms with van der Waals surface area (Å²) in [6.45, 7) is 0. The predicted octanol–water partition coefficient (Wildman–Crippen LogP) is 1.76. The first-order chi connectivity index (χ1) is 7.24. The molecule has 5 heteroatoms. The first-order valence-electron chi connectivity index (χ1n) is 4.63. The van der Waals surface area contributed by atoms with Crippen LogP contribution in [0.15, 0.2) is 30.5 Å². The number of ether oxygens (including phenoxy) is 1. The Hall–Kier alpha value is -1.52. The van der Waals surface area contributed by atoms with Crippen LogP contribution in [0.5, 0.6) is 0 Å². The summed E-state index contributed by atoms with van der Waals surface area (Å²) in [4.78, 5) is 14.4. The molecular formula is C11H13ClN2O2. The van der Waals surface area contributed by atoms with Gasteiger partial charge in [0.1, 0.15) is 6.04 Å². The van der Waals surface area contributed by atoms with E-state index in [0.29, 0.717) is 0 Å². The number of carbonyl (C=O) groups excluding carboxylic acids is 1. The van der Waals surface area contributed by atoms with E-state index in [1.54, 1.807) is 6.20 Å². The summed E-state index contributed by atoms with van der Waals surface area (Å²) in [5.74, 6) is -0.431. The number of methoxy groups -OCH3 is 1. The number of halogens is 1. The normalized spacial score (nSPS) is 11.9. The summed E-state index contributed by atoms with van der Waals surface area (Å²) in [5, 5.41) is 0.954. The molecule has 0 radical (unpaired) electrons. The lowest BCUT2D eigenvalue weighted by molar-refractivity contribution is -0.142. The highest BCUT2D eigenvalue weighted by Gasteiger charge is 2.19. The van der Waals surface area contributed by atoms with Crippen molar-refractivity contribution in [2.24, 2.45) is 5.73 Å². The van der Waals surface area contributed by atoms with Crippen molar-refractivity contribution in [2.75, 3.05) is 7.11 Å². The van der Waals surface area contributed by atoms with Gasteiger partial charge in [0.25, 0.3) is 0 Å². The highest BCUT2D eigenvalue weighted by Crippen LogP contribution is 2.23. The number of benzene rings is 1. The van der Waals surface area contributed by atoms with Crippen LogP contribution in [0, 0.1) is 0 Å². The van der Waals surface area contributed by atoms with Gasteiger partial charge in [-0.2, -0.15) is 0 Å². The van der Waals surface area contributed by atoms with E-state index in [-0.39, 0.29) is 12.4 Å². The Balaban J connectivity index is 0.00000128. The minimum absolute atomic E-state index is 0. The lowest BCUT2D eigenvalue weighted by Crippen LogP contribution is -2.22. The number of fused-ring (bicyclic) bond motifs is 1. The molecule has 3 N–H and O–H groups in total. The Bertz CT molecular complexity index is 495. The van der Waals surface area contributed by atoms with Crippen molar-refractivity contribution in [3.8, 4) is 0 Å². The second kappa shape index (κ2) is 5.01. The van der Waals surface area contributed by atoms with Crippen LogP contribution in [-0.4, -0.2) is 18.1 Å². The van der Waals surface area contributed by atoms with Gasteiger partial charge < -0.3 is 15.5 Å². The van der Waals surface area contributed by atoms with Gasteiger partial charge in [-0.15, -0.1) is 12.4 Å². The number of nitrogens with one attached hydrogen (secondary N) is 1. The van der Waals surface area contributed by atoms with Gasteiger partial charge in [-0.3, -0.25) is 4.79 Å². The summed E-state index contributed by atoms with van der Waals surface area (Å²) < 4.78 is 4.61. The standard InChI is InChI=1S/C11H12N2O2.ClH/c1-15-11(14)10(12)8-6-13-9-5-3-2-4-7(8)9;/h2-6,10,13H,12H2,1H3;1H/t10-;/m0./s1. The largest absolute Gasteiger partial charge is 0.468 e. The van der Waals surface area contributed by atoms with E-state index in [9.17, 15) is 4.79 Å². The molecule has 16 heavy (non-hydrogen) atoms. The molecule has 0 spiro atoms. The van der Waals surface area contributed by atoms with E-state index in [2.05, 4.69) is 9.72 Å². The number of H-pyrrole nitrogens is 1. The number of esters is 1. The number of carbonyl (C=O) groups is 1. The monoisotopic (exact) mass is 240 g/mol. The minimum atomic E-state index is -0.730. The molecule has 1 heterocycles. The number of aromatic nitrogens is 1. The highest BCUT2D eigenvalue weighted by molar-refractivity contribution is 5.89. The number of hydrogen-bond donors (Lipinski definition) is 2. The zero-order chi connectivity index (χ0) is 10.8. The fourth-order valence-electron chi connectivity index (χ4n) is 1.61. The minimum Gasteiger partial charge on any atom is -0.468 e. The van der Waals surface area contributed by atoms with Gasteiger partial charge in [0.05, 0.1) is 7.11 Å². The second-order valence-electron chi connectivity index (χ2n) is 3.29. The van der Waals surface area contributed by atoms with Gasteiger partial charge >= 0.3 is 5.97 Å². The fraction of sp³-hybridized carbons (Fsp3) is 0.182. The van der Waals surface area contributed by atoms with Crippen LogP contribution >= 0.6 is 12.4 Å². The van der Waals surface area contributed by atoms with Gasteiger partial charge in [0.2, 0.25) is 0 Å². The predicted molar refractivity (Wildman–Crippen MR) is 64.5 cm³/mol. The SMILES string of the molecule is COC(=O)[C@@H](N)c1c[nH]c2ccccc12.Cl. The highest BCUT2D eigenvalue weighted by atomic mass is 35.5. The van der Waals surface area contributed by atoms with Crippen LogP contribution in [0.2, 0.25) is 0 Å². The van der Waals surface area contributed by atoms with Crippen LogP contribution in [0.4, 0.5) is 0 Å².